The first-order valence-electron chi connectivity index (χ1n) is 21.9. The van der Waals surface area contributed by atoms with Gasteiger partial charge in [0.1, 0.15) is 0 Å². The predicted octanol–water partition coefficient (Wildman–Crippen LogP) is 15.2. The summed E-state index contributed by atoms with van der Waals surface area (Å²) in [5, 5.41) is 3.83. The largest absolute Gasteiger partial charge is 0.361 e. The zero-order chi connectivity index (χ0) is 42.1. The van der Waals surface area contributed by atoms with Gasteiger partial charge < -0.3 is 5.32 Å². The molecule has 3 aliphatic rings. The predicted molar refractivity (Wildman–Crippen MR) is 261 cm³/mol. The Kier molecular flexibility index (Phi) is 8.81. The molecule has 298 valence electrons. The Morgan fingerprint density at radius 3 is 1.50 bits per heavy atom. The zero-order valence-electron chi connectivity index (χ0n) is 35.8. The van der Waals surface area contributed by atoms with Crippen molar-refractivity contribution < 1.29 is 0 Å². The summed E-state index contributed by atoms with van der Waals surface area (Å²) >= 11 is 0. The Balaban J connectivity index is 1.03. The zero-order valence-corrected chi connectivity index (χ0v) is 35.8. The number of benzene rings is 8. The van der Waals surface area contributed by atoms with Gasteiger partial charge in [-0.1, -0.05) is 222 Å². The fourth-order valence-electron chi connectivity index (χ4n) is 11.0. The summed E-state index contributed by atoms with van der Waals surface area (Å²) in [6.45, 7) is 9.45. The summed E-state index contributed by atoms with van der Waals surface area (Å²) in [6, 6.07) is 71.6. The van der Waals surface area contributed by atoms with Crippen molar-refractivity contribution in [1.82, 2.24) is 0 Å². The molecule has 0 radical (unpaired) electrons. The molecular weight excluding hydrogens is 747 g/mol. The maximum atomic E-state index is 3.83. The van der Waals surface area contributed by atoms with E-state index in [0.717, 1.165) is 28.0 Å². The lowest BCUT2D eigenvalue weighted by molar-refractivity contribution is 0.563. The molecule has 0 fully saturated rings. The van der Waals surface area contributed by atoms with Gasteiger partial charge in [0.05, 0.1) is 5.41 Å². The second kappa shape index (κ2) is 14.5. The molecule has 0 atom stereocenters. The minimum atomic E-state index is -0.445. The first-order chi connectivity index (χ1) is 30.3. The Bertz CT molecular complexity index is 3090. The number of hydrogen-bond donors (Lipinski definition) is 1. The standard InChI is InChI=1S/C61H49N/c1-59(2)51-25-13-11-23-47(51)49-35-32-41(37-57(49)59)31-33-44(42-19-7-5-8-20-42)38-45(43-21-9-6-10-22-43)40-62-46-34-36-50-48-24-12-14-26-52(48)61(58(50)39-46)55-29-17-15-27-53(55)60(3,4)54-28-16-18-30-56(54)61/h5-40,62H,1-4H3/b33-31-,44-38+,45-40-. The Morgan fingerprint density at radius 2 is 0.855 bits per heavy atom. The molecule has 0 unspecified atom stereocenters. The van der Waals surface area contributed by atoms with Gasteiger partial charge >= 0.3 is 0 Å². The molecule has 0 amide bonds. The van der Waals surface area contributed by atoms with E-state index in [1.54, 1.807) is 0 Å². The monoisotopic (exact) mass is 795 g/mol. The van der Waals surface area contributed by atoms with Gasteiger partial charge in [-0.05, 0) is 113 Å². The highest BCUT2D eigenvalue weighted by Gasteiger charge is 2.53. The van der Waals surface area contributed by atoms with Crippen LogP contribution < -0.4 is 5.32 Å². The Morgan fingerprint density at radius 1 is 0.387 bits per heavy atom. The summed E-state index contributed by atoms with van der Waals surface area (Å²) in [6.07, 6.45) is 9.05. The molecular formula is C61H49N. The van der Waals surface area contributed by atoms with Crippen molar-refractivity contribution in [2.24, 2.45) is 0 Å². The van der Waals surface area contributed by atoms with E-state index in [9.17, 15) is 0 Å². The number of rotatable bonds is 7. The average Bonchev–Trinajstić information content (AvgIpc) is 3.73. The van der Waals surface area contributed by atoms with Crippen LogP contribution in [-0.4, -0.2) is 0 Å². The fourth-order valence-corrected chi connectivity index (χ4v) is 11.0. The van der Waals surface area contributed by atoms with Crippen LogP contribution in [0.2, 0.25) is 0 Å². The van der Waals surface area contributed by atoms with Crippen molar-refractivity contribution in [2.45, 2.75) is 43.9 Å². The van der Waals surface area contributed by atoms with Crippen LogP contribution in [0.25, 0.3) is 39.5 Å². The van der Waals surface area contributed by atoms with E-state index >= 15 is 0 Å². The van der Waals surface area contributed by atoms with E-state index in [1.807, 2.05) is 0 Å². The molecule has 11 rings (SSSR count). The molecule has 8 aromatic carbocycles. The maximum absolute atomic E-state index is 3.83. The van der Waals surface area contributed by atoms with E-state index in [0.29, 0.717) is 0 Å². The average molecular weight is 796 g/mol. The first kappa shape index (κ1) is 37.8. The molecule has 1 nitrogen and oxygen atoms in total. The fraction of sp³-hybridized carbons (Fsp3) is 0.115. The van der Waals surface area contributed by atoms with Gasteiger partial charge in [-0.25, -0.2) is 0 Å². The van der Waals surface area contributed by atoms with Gasteiger partial charge in [0.2, 0.25) is 0 Å². The highest BCUT2D eigenvalue weighted by Crippen LogP contribution is 2.62. The molecule has 0 heterocycles. The third-order valence-corrected chi connectivity index (χ3v) is 14.0. The van der Waals surface area contributed by atoms with Crippen molar-refractivity contribution >= 4 is 22.9 Å². The molecule has 1 N–H and O–H groups in total. The topological polar surface area (TPSA) is 12.0 Å². The number of allylic oxidation sites excluding steroid dienone is 4. The summed E-state index contributed by atoms with van der Waals surface area (Å²) < 4.78 is 0. The molecule has 1 spiro atoms. The van der Waals surface area contributed by atoms with Crippen LogP contribution in [0.5, 0.6) is 0 Å². The molecule has 0 aliphatic heterocycles. The number of hydrogen-bond acceptors (Lipinski definition) is 1. The maximum Gasteiger partial charge on any atom is 0.0720 e. The van der Waals surface area contributed by atoms with E-state index in [-0.39, 0.29) is 10.8 Å². The van der Waals surface area contributed by atoms with Gasteiger partial charge in [-0.3, -0.25) is 0 Å². The lowest BCUT2D eigenvalue weighted by atomic mass is 9.55. The molecule has 0 saturated heterocycles. The molecule has 0 saturated carbocycles. The molecule has 1 heteroatoms. The smallest absolute Gasteiger partial charge is 0.0720 e. The van der Waals surface area contributed by atoms with Crippen LogP contribution in [0.15, 0.2) is 212 Å². The van der Waals surface area contributed by atoms with Gasteiger partial charge in [-0.15, -0.1) is 0 Å². The van der Waals surface area contributed by atoms with Crippen LogP contribution in [0.4, 0.5) is 5.69 Å². The van der Waals surface area contributed by atoms with Crippen LogP contribution in [0, 0.1) is 0 Å². The Hall–Kier alpha value is -7.22. The van der Waals surface area contributed by atoms with Crippen molar-refractivity contribution in [3.05, 3.63) is 274 Å². The van der Waals surface area contributed by atoms with Gasteiger partial charge in [0.15, 0.2) is 0 Å². The highest BCUT2D eigenvalue weighted by molar-refractivity contribution is 5.92. The van der Waals surface area contributed by atoms with Crippen LogP contribution in [0.3, 0.4) is 0 Å². The minimum absolute atomic E-state index is 0.0525. The van der Waals surface area contributed by atoms with Crippen LogP contribution in [-0.2, 0) is 16.2 Å². The summed E-state index contributed by atoms with van der Waals surface area (Å²) in [7, 11) is 0. The molecule has 3 aliphatic carbocycles. The third kappa shape index (κ3) is 5.76. The first-order valence-corrected chi connectivity index (χ1v) is 21.9. The molecule has 62 heavy (non-hydrogen) atoms. The second-order valence-electron chi connectivity index (χ2n) is 18.2. The lowest BCUT2D eigenvalue weighted by Crippen LogP contribution is -2.40. The SMILES string of the molecule is CC1(C)c2ccccc2-c2ccc(\C=C/C(=C\C(=C\Nc3ccc4c(c3)C3(c5ccccc5-4)c4ccccc4C(C)(C)c4ccccc43)c3ccccc3)c3ccccc3)cc21. The van der Waals surface area contributed by atoms with Crippen molar-refractivity contribution in [2.75, 3.05) is 5.32 Å². The summed E-state index contributed by atoms with van der Waals surface area (Å²) in [5.74, 6) is 0. The van der Waals surface area contributed by atoms with E-state index in [2.05, 4.69) is 252 Å². The molecule has 8 aromatic rings. The number of nitrogens with one attached hydrogen (secondary N) is 1. The van der Waals surface area contributed by atoms with Crippen LogP contribution >= 0.6 is 0 Å². The molecule has 0 bridgehead atoms. The number of anilines is 1. The summed E-state index contributed by atoms with van der Waals surface area (Å²) in [4.78, 5) is 0. The Labute approximate surface area is 366 Å². The number of fused-ring (bicyclic) bond motifs is 12. The van der Waals surface area contributed by atoms with Gasteiger partial charge in [0.25, 0.3) is 0 Å². The normalized spacial score (nSPS) is 15.9. The van der Waals surface area contributed by atoms with Crippen molar-refractivity contribution in [3.63, 3.8) is 0 Å². The quantitative estimate of drug-likeness (QED) is 0.158. The summed E-state index contributed by atoms with van der Waals surface area (Å²) in [5.41, 5.74) is 22.3. The minimum Gasteiger partial charge on any atom is -0.361 e. The van der Waals surface area contributed by atoms with Crippen molar-refractivity contribution in [3.8, 4) is 22.3 Å². The van der Waals surface area contributed by atoms with E-state index < -0.39 is 5.41 Å². The van der Waals surface area contributed by atoms with Crippen LogP contribution in [0.1, 0.15) is 88.9 Å². The van der Waals surface area contributed by atoms with E-state index in [4.69, 9.17) is 0 Å². The highest BCUT2D eigenvalue weighted by atomic mass is 14.8. The third-order valence-electron chi connectivity index (χ3n) is 14.0. The second-order valence-corrected chi connectivity index (χ2v) is 18.2. The van der Waals surface area contributed by atoms with Crippen molar-refractivity contribution in [1.29, 1.82) is 0 Å². The van der Waals surface area contributed by atoms with Gasteiger partial charge in [0, 0.05) is 22.7 Å². The van der Waals surface area contributed by atoms with Gasteiger partial charge in [-0.2, -0.15) is 0 Å². The lowest BCUT2D eigenvalue weighted by Gasteiger charge is -2.46. The molecule has 0 aromatic heterocycles. The van der Waals surface area contributed by atoms with E-state index in [1.165, 1.54) is 72.3 Å².